The van der Waals surface area contributed by atoms with Crippen LogP contribution in [0, 0.1) is 13.8 Å². The maximum absolute atomic E-state index is 12.9. The van der Waals surface area contributed by atoms with E-state index in [9.17, 15) is 13.2 Å². The van der Waals surface area contributed by atoms with Crippen molar-refractivity contribution in [1.29, 1.82) is 0 Å². The highest BCUT2D eigenvalue weighted by Gasteiger charge is 2.20. The molecular formula is C17H14ClNO3S. The van der Waals surface area contributed by atoms with E-state index in [1.807, 2.05) is 13.8 Å². The summed E-state index contributed by atoms with van der Waals surface area (Å²) in [5.74, 6) is 0. The summed E-state index contributed by atoms with van der Waals surface area (Å²) in [6.07, 6.45) is 1.16. The molecule has 0 aliphatic heterocycles. The molecule has 1 aromatic heterocycles. The number of benzene rings is 2. The van der Waals surface area contributed by atoms with E-state index in [1.54, 1.807) is 30.3 Å². The molecule has 2 aromatic carbocycles. The summed E-state index contributed by atoms with van der Waals surface area (Å²) in [6.45, 7) is 3.71. The smallest absolute Gasteiger partial charge is 0.268 e. The molecule has 0 N–H and O–H groups in total. The molecule has 0 aliphatic carbocycles. The zero-order valence-corrected chi connectivity index (χ0v) is 14.1. The van der Waals surface area contributed by atoms with Gasteiger partial charge in [-0.2, -0.15) is 0 Å². The average Bonchev–Trinajstić information content (AvgIpc) is 2.51. The van der Waals surface area contributed by atoms with Crippen LogP contribution in [0.25, 0.3) is 10.9 Å². The van der Waals surface area contributed by atoms with Crippen molar-refractivity contribution < 1.29 is 8.42 Å². The summed E-state index contributed by atoms with van der Waals surface area (Å²) in [5.41, 5.74) is 1.75. The highest BCUT2D eigenvalue weighted by molar-refractivity contribution is 7.90. The molecule has 0 radical (unpaired) electrons. The van der Waals surface area contributed by atoms with Crippen molar-refractivity contribution >= 4 is 32.5 Å². The van der Waals surface area contributed by atoms with Crippen LogP contribution in [0.5, 0.6) is 0 Å². The van der Waals surface area contributed by atoms with Crippen LogP contribution in [0.3, 0.4) is 0 Å². The number of halogens is 1. The van der Waals surface area contributed by atoms with E-state index in [0.29, 0.717) is 5.52 Å². The van der Waals surface area contributed by atoms with Gasteiger partial charge in [0.15, 0.2) is 0 Å². The molecule has 1 heterocycles. The van der Waals surface area contributed by atoms with Crippen molar-refractivity contribution in [1.82, 2.24) is 3.97 Å². The minimum Gasteiger partial charge on any atom is -0.287 e. The molecule has 0 unspecified atom stereocenters. The predicted molar refractivity (Wildman–Crippen MR) is 91.7 cm³/mol. The number of fused-ring (bicyclic) bond motifs is 1. The molecule has 0 spiro atoms. The Morgan fingerprint density at radius 2 is 1.57 bits per heavy atom. The summed E-state index contributed by atoms with van der Waals surface area (Å²) < 4.78 is 26.9. The predicted octanol–water partition coefficient (Wildman–Crippen LogP) is 3.51. The number of aryl methyl sites for hydroxylation is 2. The summed E-state index contributed by atoms with van der Waals surface area (Å²) in [6, 6.07) is 11.6. The lowest BCUT2D eigenvalue weighted by molar-refractivity contribution is 0.588. The van der Waals surface area contributed by atoms with Crippen LogP contribution in [0.2, 0.25) is 5.02 Å². The van der Waals surface area contributed by atoms with Gasteiger partial charge in [-0.3, -0.25) is 4.79 Å². The Bertz CT molecular complexity index is 1070. The highest BCUT2D eigenvalue weighted by Crippen LogP contribution is 2.22. The van der Waals surface area contributed by atoms with Crippen molar-refractivity contribution in [2.75, 3.05) is 0 Å². The molecule has 0 bridgehead atoms. The second-order valence-corrected chi connectivity index (χ2v) is 7.66. The third-order valence-corrected chi connectivity index (χ3v) is 5.62. The first-order chi connectivity index (χ1) is 10.8. The highest BCUT2D eigenvalue weighted by atomic mass is 35.5. The van der Waals surface area contributed by atoms with Gasteiger partial charge in [0.2, 0.25) is 5.43 Å². The summed E-state index contributed by atoms with van der Waals surface area (Å²) in [4.78, 5) is 12.3. The Morgan fingerprint density at radius 1 is 0.957 bits per heavy atom. The van der Waals surface area contributed by atoms with Crippen molar-refractivity contribution in [2.45, 2.75) is 18.7 Å². The first-order valence-corrected chi connectivity index (χ1v) is 8.76. The number of rotatable bonds is 2. The van der Waals surface area contributed by atoms with Crippen LogP contribution in [0.4, 0.5) is 0 Å². The van der Waals surface area contributed by atoms with Gasteiger partial charge in [0, 0.05) is 11.6 Å². The van der Waals surface area contributed by atoms with E-state index < -0.39 is 10.0 Å². The van der Waals surface area contributed by atoms with Crippen LogP contribution in [0.1, 0.15) is 11.1 Å². The number of pyridine rings is 1. The molecule has 0 atom stereocenters. The lowest BCUT2D eigenvalue weighted by atomic mass is 10.1. The van der Waals surface area contributed by atoms with Crippen LogP contribution < -0.4 is 5.43 Å². The van der Waals surface area contributed by atoms with Gasteiger partial charge < -0.3 is 0 Å². The molecule has 0 aliphatic rings. The minimum absolute atomic E-state index is 0.126. The normalized spacial score (nSPS) is 11.8. The zero-order valence-electron chi connectivity index (χ0n) is 12.6. The van der Waals surface area contributed by atoms with Gasteiger partial charge in [-0.25, -0.2) is 12.4 Å². The van der Waals surface area contributed by atoms with Gasteiger partial charge in [-0.05, 0) is 38.1 Å². The fourth-order valence-corrected chi connectivity index (χ4v) is 4.03. The van der Waals surface area contributed by atoms with Crippen LogP contribution >= 0.6 is 11.6 Å². The molecule has 3 aromatic rings. The van der Waals surface area contributed by atoms with E-state index in [-0.39, 0.29) is 20.7 Å². The lowest BCUT2D eigenvalue weighted by Gasteiger charge is -2.13. The number of nitrogens with zero attached hydrogens (tertiary/aromatic N) is 1. The van der Waals surface area contributed by atoms with E-state index in [1.165, 1.54) is 12.1 Å². The topological polar surface area (TPSA) is 56.1 Å². The molecule has 118 valence electrons. The third-order valence-electron chi connectivity index (χ3n) is 3.66. The summed E-state index contributed by atoms with van der Waals surface area (Å²) >= 11 is 5.97. The molecular weight excluding hydrogens is 334 g/mol. The maximum Gasteiger partial charge on any atom is 0.268 e. The van der Waals surface area contributed by atoms with E-state index in [4.69, 9.17) is 11.6 Å². The average molecular weight is 348 g/mol. The molecule has 0 saturated carbocycles. The van der Waals surface area contributed by atoms with Gasteiger partial charge >= 0.3 is 0 Å². The molecule has 23 heavy (non-hydrogen) atoms. The standard InChI is InChI=1S/C17H14ClNO3S/c1-11-3-6-13(7-4-11)23(21,22)19-10-15(18)17(20)14-9-12(2)5-8-16(14)19/h3-10H,1-2H3. The Balaban J connectivity index is 2.38. The number of aromatic nitrogens is 1. The van der Waals surface area contributed by atoms with Crippen molar-refractivity contribution in [3.05, 3.63) is 75.0 Å². The molecule has 4 nitrogen and oxygen atoms in total. The largest absolute Gasteiger partial charge is 0.287 e. The fourth-order valence-electron chi connectivity index (χ4n) is 2.41. The van der Waals surface area contributed by atoms with Crippen LogP contribution in [0.15, 0.2) is 58.4 Å². The Labute approximate surface area is 139 Å². The molecule has 0 amide bonds. The minimum atomic E-state index is -3.84. The van der Waals surface area contributed by atoms with Crippen molar-refractivity contribution in [3.63, 3.8) is 0 Å². The quantitative estimate of drug-likeness (QED) is 0.712. The summed E-state index contributed by atoms with van der Waals surface area (Å²) in [7, 11) is -3.84. The Morgan fingerprint density at radius 3 is 2.22 bits per heavy atom. The van der Waals surface area contributed by atoms with Crippen LogP contribution in [-0.2, 0) is 10.0 Å². The SMILES string of the molecule is Cc1ccc(S(=O)(=O)n2cc(Cl)c(=O)c3cc(C)ccc32)cc1. The first-order valence-electron chi connectivity index (χ1n) is 6.94. The molecule has 0 fully saturated rings. The molecule has 3 rings (SSSR count). The monoisotopic (exact) mass is 347 g/mol. The second kappa shape index (κ2) is 5.51. The van der Waals surface area contributed by atoms with E-state index in [0.717, 1.165) is 21.3 Å². The van der Waals surface area contributed by atoms with E-state index in [2.05, 4.69) is 0 Å². The number of hydrogen-bond acceptors (Lipinski definition) is 3. The van der Waals surface area contributed by atoms with Gasteiger partial charge in [0.25, 0.3) is 10.0 Å². The molecule has 6 heteroatoms. The first kappa shape index (κ1) is 15.8. The van der Waals surface area contributed by atoms with Crippen LogP contribution in [-0.4, -0.2) is 12.4 Å². The van der Waals surface area contributed by atoms with E-state index >= 15 is 0 Å². The third kappa shape index (κ3) is 2.66. The van der Waals surface area contributed by atoms with Gasteiger partial charge in [-0.1, -0.05) is 40.9 Å². The molecule has 0 saturated heterocycles. The zero-order chi connectivity index (χ0) is 16.8. The Hall–Kier alpha value is -2.11. The fraction of sp³-hybridized carbons (Fsp3) is 0.118. The maximum atomic E-state index is 12.9. The number of hydrogen-bond donors (Lipinski definition) is 0. The second-order valence-electron chi connectivity index (χ2n) is 5.44. The van der Waals surface area contributed by atoms with Gasteiger partial charge in [0.05, 0.1) is 10.4 Å². The summed E-state index contributed by atoms with van der Waals surface area (Å²) in [5, 5.41) is 0.159. The van der Waals surface area contributed by atoms with Crippen molar-refractivity contribution in [2.24, 2.45) is 0 Å². The van der Waals surface area contributed by atoms with Gasteiger partial charge in [0.1, 0.15) is 5.02 Å². The van der Waals surface area contributed by atoms with Crippen molar-refractivity contribution in [3.8, 4) is 0 Å². The Kier molecular flexibility index (Phi) is 3.78. The van der Waals surface area contributed by atoms with Gasteiger partial charge in [-0.15, -0.1) is 0 Å². The lowest BCUT2D eigenvalue weighted by Crippen LogP contribution is -2.18.